The predicted molar refractivity (Wildman–Crippen MR) is 174 cm³/mol. The fourth-order valence-corrected chi connectivity index (χ4v) is 5.82. The Balaban J connectivity index is 1.44. The normalized spacial score (nSPS) is 12.5. The maximum absolute atomic E-state index is 6.74. The first-order valence-corrected chi connectivity index (χ1v) is 14.4. The molecule has 2 nitrogen and oxygen atoms in total. The minimum absolute atomic E-state index is 0.0137. The smallest absolute Gasteiger partial charge is 0.146 e. The van der Waals surface area contributed by atoms with E-state index in [1.165, 1.54) is 32.7 Å². The molecule has 0 aliphatic carbocycles. The van der Waals surface area contributed by atoms with Crippen LogP contribution in [0, 0.1) is 0 Å². The Morgan fingerprint density at radius 3 is 1.65 bits per heavy atom. The molecule has 6 aromatic carbocycles. The number of ether oxygens (including phenoxy) is 1. The van der Waals surface area contributed by atoms with Gasteiger partial charge in [-0.3, -0.25) is 0 Å². The summed E-state index contributed by atoms with van der Waals surface area (Å²) in [5.41, 5.74) is 4.34. The molecule has 4 heteroatoms. The molecule has 0 atom stereocenters. The van der Waals surface area contributed by atoms with Crippen LogP contribution in [0.2, 0.25) is 10.0 Å². The summed E-state index contributed by atoms with van der Waals surface area (Å²) in [4.78, 5) is 0. The van der Waals surface area contributed by atoms with Crippen LogP contribution in [-0.2, 0) is 10.8 Å². The minimum atomic E-state index is 0.0137. The van der Waals surface area contributed by atoms with Gasteiger partial charge in [0.15, 0.2) is 0 Å². The summed E-state index contributed by atoms with van der Waals surface area (Å²) >= 11 is 13.4. The van der Waals surface area contributed by atoms with Gasteiger partial charge < -0.3 is 10.1 Å². The van der Waals surface area contributed by atoms with E-state index in [1.54, 1.807) is 0 Å². The molecular formula is C36H33Cl2NO. The SMILES string of the molecule is CC(C)(C)c1ccc(Nc2ccc3ccc4c(Oc5ccc(C(C)(C)C)cc5Cl)ccc5ccc2c3c54)c(Cl)c1. The Labute approximate surface area is 246 Å². The number of benzene rings is 6. The van der Waals surface area contributed by atoms with Crippen molar-refractivity contribution in [3.8, 4) is 11.5 Å². The number of halogens is 2. The standard InChI is InChI=1S/C36H33Cl2NO/c1-35(2,3)23-11-16-30(27(37)19-23)39-29-15-9-21-8-14-26-31(17-10-22-7-13-25(29)33(21)34(22)26)40-32-18-12-24(20-28(32)38)36(4,5)6/h7-20,39H,1-6H3. The maximum Gasteiger partial charge on any atom is 0.146 e. The van der Waals surface area contributed by atoms with Crippen molar-refractivity contribution in [3.05, 3.63) is 106 Å². The van der Waals surface area contributed by atoms with Gasteiger partial charge in [-0.05, 0) is 80.6 Å². The number of anilines is 2. The Kier molecular flexibility index (Phi) is 6.40. The van der Waals surface area contributed by atoms with E-state index in [-0.39, 0.29) is 10.8 Å². The zero-order valence-electron chi connectivity index (χ0n) is 23.7. The zero-order valence-corrected chi connectivity index (χ0v) is 25.3. The molecule has 0 aliphatic heterocycles. The largest absolute Gasteiger partial charge is 0.455 e. The monoisotopic (exact) mass is 565 g/mol. The zero-order chi connectivity index (χ0) is 28.4. The third-order valence-electron chi connectivity index (χ3n) is 7.75. The molecule has 1 N–H and O–H groups in total. The van der Waals surface area contributed by atoms with E-state index in [1.807, 2.05) is 18.2 Å². The molecule has 0 bridgehead atoms. The quantitative estimate of drug-likeness (QED) is 0.214. The van der Waals surface area contributed by atoms with Crippen LogP contribution < -0.4 is 10.1 Å². The lowest BCUT2D eigenvalue weighted by Gasteiger charge is -2.21. The van der Waals surface area contributed by atoms with Gasteiger partial charge in [-0.15, -0.1) is 0 Å². The lowest BCUT2D eigenvalue weighted by molar-refractivity contribution is 0.487. The minimum Gasteiger partial charge on any atom is -0.455 e. The highest BCUT2D eigenvalue weighted by molar-refractivity contribution is 6.34. The van der Waals surface area contributed by atoms with E-state index >= 15 is 0 Å². The van der Waals surface area contributed by atoms with Crippen LogP contribution in [-0.4, -0.2) is 0 Å². The van der Waals surface area contributed by atoms with Crippen molar-refractivity contribution in [1.29, 1.82) is 0 Å². The van der Waals surface area contributed by atoms with Crippen LogP contribution in [0.4, 0.5) is 11.4 Å². The summed E-state index contributed by atoms with van der Waals surface area (Å²) in [6.07, 6.45) is 0. The molecule has 0 amide bonds. The first-order chi connectivity index (χ1) is 18.9. The van der Waals surface area contributed by atoms with E-state index in [0.717, 1.165) is 27.9 Å². The van der Waals surface area contributed by atoms with Crippen LogP contribution in [0.3, 0.4) is 0 Å². The Morgan fingerprint density at radius 1 is 0.525 bits per heavy atom. The molecule has 202 valence electrons. The maximum atomic E-state index is 6.74. The van der Waals surface area contributed by atoms with Crippen molar-refractivity contribution < 1.29 is 4.74 Å². The van der Waals surface area contributed by atoms with Gasteiger partial charge in [0.2, 0.25) is 0 Å². The van der Waals surface area contributed by atoms with Crippen molar-refractivity contribution >= 4 is 66.9 Å². The lowest BCUT2D eigenvalue weighted by Crippen LogP contribution is -2.11. The fraction of sp³-hybridized carbons (Fsp3) is 0.222. The molecule has 6 rings (SSSR count). The van der Waals surface area contributed by atoms with E-state index in [9.17, 15) is 0 Å². The van der Waals surface area contributed by atoms with E-state index < -0.39 is 0 Å². The van der Waals surface area contributed by atoms with Gasteiger partial charge >= 0.3 is 0 Å². The number of nitrogens with one attached hydrogen (secondary N) is 1. The molecular weight excluding hydrogens is 533 g/mol. The van der Waals surface area contributed by atoms with Gasteiger partial charge in [0, 0.05) is 21.8 Å². The van der Waals surface area contributed by atoms with E-state index in [4.69, 9.17) is 27.9 Å². The van der Waals surface area contributed by atoms with E-state index in [2.05, 4.69) is 114 Å². The summed E-state index contributed by atoms with van der Waals surface area (Å²) < 4.78 is 6.45. The molecule has 0 saturated heterocycles. The molecule has 0 aliphatic rings. The lowest BCUT2D eigenvalue weighted by atomic mass is 9.87. The predicted octanol–water partition coefficient (Wildman–Crippen LogP) is 12.0. The summed E-state index contributed by atoms with van der Waals surface area (Å²) in [6.45, 7) is 13.1. The molecule has 0 aromatic heterocycles. The van der Waals surface area contributed by atoms with Gasteiger partial charge in [-0.2, -0.15) is 0 Å². The average molecular weight is 567 g/mol. The number of hydrogen-bond donors (Lipinski definition) is 1. The van der Waals surface area contributed by atoms with Gasteiger partial charge in [0.1, 0.15) is 11.5 Å². The van der Waals surface area contributed by atoms with Crippen molar-refractivity contribution in [1.82, 2.24) is 0 Å². The number of rotatable bonds is 4. The Hall–Kier alpha value is -3.46. The third kappa shape index (κ3) is 4.74. The molecule has 0 unspecified atom stereocenters. The number of hydrogen-bond acceptors (Lipinski definition) is 2. The van der Waals surface area contributed by atoms with Crippen molar-refractivity contribution in [2.45, 2.75) is 52.4 Å². The van der Waals surface area contributed by atoms with Crippen LogP contribution in [0.1, 0.15) is 52.7 Å². The molecule has 0 spiro atoms. The van der Waals surface area contributed by atoms with Crippen LogP contribution >= 0.6 is 23.2 Å². The second-order valence-corrected chi connectivity index (χ2v) is 13.5. The van der Waals surface area contributed by atoms with Crippen molar-refractivity contribution in [2.75, 3.05) is 5.32 Å². The van der Waals surface area contributed by atoms with Crippen molar-refractivity contribution in [3.63, 3.8) is 0 Å². The molecule has 0 heterocycles. The molecule has 40 heavy (non-hydrogen) atoms. The topological polar surface area (TPSA) is 21.3 Å². The van der Waals surface area contributed by atoms with Gasteiger partial charge in [-0.25, -0.2) is 0 Å². The summed E-state index contributed by atoms with van der Waals surface area (Å²) in [7, 11) is 0. The Bertz CT molecular complexity index is 1750. The summed E-state index contributed by atoms with van der Waals surface area (Å²) in [5, 5.41) is 11.8. The van der Waals surface area contributed by atoms with Crippen LogP contribution in [0.5, 0.6) is 11.5 Å². The molecule has 0 saturated carbocycles. The van der Waals surface area contributed by atoms with Crippen LogP contribution in [0.25, 0.3) is 32.3 Å². The van der Waals surface area contributed by atoms with Gasteiger partial charge in [0.05, 0.1) is 15.7 Å². The average Bonchev–Trinajstić information content (AvgIpc) is 2.89. The second-order valence-electron chi connectivity index (χ2n) is 12.7. The van der Waals surface area contributed by atoms with Crippen LogP contribution in [0.15, 0.2) is 84.9 Å². The van der Waals surface area contributed by atoms with Gasteiger partial charge in [-0.1, -0.05) is 107 Å². The third-order valence-corrected chi connectivity index (χ3v) is 8.35. The van der Waals surface area contributed by atoms with Crippen molar-refractivity contribution in [2.24, 2.45) is 0 Å². The summed E-state index contributed by atoms with van der Waals surface area (Å²) in [5.74, 6) is 1.44. The molecule has 0 fully saturated rings. The first-order valence-electron chi connectivity index (χ1n) is 13.7. The second kappa shape index (κ2) is 9.58. The highest BCUT2D eigenvalue weighted by atomic mass is 35.5. The molecule has 0 radical (unpaired) electrons. The highest BCUT2D eigenvalue weighted by Crippen LogP contribution is 2.44. The summed E-state index contributed by atoms with van der Waals surface area (Å²) in [6, 6.07) is 29.5. The van der Waals surface area contributed by atoms with Gasteiger partial charge in [0.25, 0.3) is 0 Å². The fourth-order valence-electron chi connectivity index (χ4n) is 5.37. The first kappa shape index (κ1) is 26.7. The highest BCUT2D eigenvalue weighted by Gasteiger charge is 2.19. The molecule has 6 aromatic rings. The Morgan fingerprint density at radius 2 is 1.02 bits per heavy atom. The van der Waals surface area contributed by atoms with E-state index in [0.29, 0.717) is 15.8 Å².